The molecule has 5 nitrogen and oxygen atoms in total. The molecule has 0 aliphatic carbocycles. The lowest BCUT2D eigenvalue weighted by Gasteiger charge is -2.14. The highest BCUT2D eigenvalue weighted by atomic mass is 16.6. The Morgan fingerprint density at radius 1 is 1.08 bits per heavy atom. The van der Waals surface area contributed by atoms with Gasteiger partial charge in [-0.2, -0.15) is 0 Å². The van der Waals surface area contributed by atoms with Crippen LogP contribution < -0.4 is 9.47 Å². The largest absolute Gasteiger partial charge is 0.487 e. The first-order valence-electron chi connectivity index (χ1n) is 8.54. The van der Waals surface area contributed by atoms with E-state index >= 15 is 0 Å². The summed E-state index contributed by atoms with van der Waals surface area (Å²) in [6, 6.07) is 7.01. The minimum Gasteiger partial charge on any atom is -0.487 e. The maximum Gasteiger partial charge on any atom is 0.311 e. The van der Waals surface area contributed by atoms with Crippen LogP contribution in [0.4, 0.5) is 0 Å². The fourth-order valence-corrected chi connectivity index (χ4v) is 2.03. The van der Waals surface area contributed by atoms with E-state index in [4.69, 9.17) is 14.2 Å². The van der Waals surface area contributed by atoms with Crippen molar-refractivity contribution in [1.82, 2.24) is 0 Å². The Hall–Kier alpha value is -2.48. The SMILES string of the molecule is CC#CC(CC)OC(=O)CCCC(=O)Oc1ccccc1OC(C)C. The van der Waals surface area contributed by atoms with E-state index in [0.29, 0.717) is 24.3 Å². The second-order valence-electron chi connectivity index (χ2n) is 5.72. The summed E-state index contributed by atoms with van der Waals surface area (Å²) >= 11 is 0. The normalized spacial score (nSPS) is 11.2. The van der Waals surface area contributed by atoms with Gasteiger partial charge in [0.15, 0.2) is 17.6 Å². The van der Waals surface area contributed by atoms with Crippen LogP contribution in [0.25, 0.3) is 0 Å². The van der Waals surface area contributed by atoms with E-state index in [-0.39, 0.29) is 31.0 Å². The third kappa shape index (κ3) is 8.25. The number of ether oxygens (including phenoxy) is 3. The number of carbonyl (C=O) groups excluding carboxylic acids is 2. The lowest BCUT2D eigenvalue weighted by Crippen LogP contribution is -2.16. The molecule has 0 aliphatic heterocycles. The van der Waals surface area contributed by atoms with Crippen molar-refractivity contribution in [1.29, 1.82) is 0 Å². The van der Waals surface area contributed by atoms with Crippen LogP contribution in [0.1, 0.15) is 53.4 Å². The molecule has 0 bridgehead atoms. The minimum atomic E-state index is -0.409. The van der Waals surface area contributed by atoms with Crippen LogP contribution in [0, 0.1) is 11.8 Å². The lowest BCUT2D eigenvalue weighted by molar-refractivity contribution is -0.146. The molecular formula is C20H26O5. The highest BCUT2D eigenvalue weighted by Crippen LogP contribution is 2.27. The molecule has 136 valence electrons. The number of benzene rings is 1. The molecule has 5 heteroatoms. The van der Waals surface area contributed by atoms with Crippen molar-refractivity contribution in [2.75, 3.05) is 0 Å². The van der Waals surface area contributed by atoms with Gasteiger partial charge in [0, 0.05) is 12.8 Å². The maximum atomic E-state index is 12.0. The molecule has 0 heterocycles. The number of hydrogen-bond acceptors (Lipinski definition) is 5. The Labute approximate surface area is 149 Å². The van der Waals surface area contributed by atoms with Crippen LogP contribution in [0.3, 0.4) is 0 Å². The Bertz CT molecular complexity index is 624. The number of hydrogen-bond donors (Lipinski definition) is 0. The Morgan fingerprint density at radius 2 is 1.72 bits per heavy atom. The van der Waals surface area contributed by atoms with Crippen LogP contribution >= 0.6 is 0 Å². The zero-order valence-corrected chi connectivity index (χ0v) is 15.3. The third-order valence-corrected chi connectivity index (χ3v) is 3.15. The summed E-state index contributed by atoms with van der Waals surface area (Å²) in [6.45, 7) is 7.40. The topological polar surface area (TPSA) is 61.8 Å². The standard InChI is InChI=1S/C20H26O5/c1-5-10-16(6-2)24-19(21)13-9-14-20(22)25-18-12-8-7-11-17(18)23-15(3)4/h7-8,11-12,15-16H,6,9,13-14H2,1-4H3. The molecule has 0 spiro atoms. The molecule has 0 radical (unpaired) electrons. The first kappa shape index (κ1) is 20.6. The van der Waals surface area contributed by atoms with Crippen molar-refractivity contribution >= 4 is 11.9 Å². The fourth-order valence-electron chi connectivity index (χ4n) is 2.03. The van der Waals surface area contributed by atoms with Crippen molar-refractivity contribution in [3.63, 3.8) is 0 Å². The monoisotopic (exact) mass is 346 g/mol. The minimum absolute atomic E-state index is 0.0210. The van der Waals surface area contributed by atoms with Crippen LogP contribution in [-0.4, -0.2) is 24.1 Å². The molecule has 0 aliphatic rings. The van der Waals surface area contributed by atoms with Gasteiger partial charge >= 0.3 is 11.9 Å². The summed E-state index contributed by atoms with van der Waals surface area (Å²) in [4.78, 5) is 23.7. The van der Waals surface area contributed by atoms with Crippen molar-refractivity contribution in [3.8, 4) is 23.3 Å². The predicted molar refractivity (Wildman–Crippen MR) is 95.3 cm³/mol. The summed E-state index contributed by atoms with van der Waals surface area (Å²) in [6.07, 6.45) is 0.877. The number of esters is 2. The quantitative estimate of drug-likeness (QED) is 0.386. The molecule has 0 N–H and O–H groups in total. The van der Waals surface area contributed by atoms with Gasteiger partial charge in [-0.25, -0.2) is 0 Å². The van der Waals surface area contributed by atoms with Gasteiger partial charge in [0.05, 0.1) is 6.10 Å². The van der Waals surface area contributed by atoms with Crippen LogP contribution in [0.15, 0.2) is 24.3 Å². The van der Waals surface area contributed by atoms with Crippen LogP contribution in [0.2, 0.25) is 0 Å². The zero-order valence-electron chi connectivity index (χ0n) is 15.3. The van der Waals surface area contributed by atoms with Crippen molar-refractivity contribution in [3.05, 3.63) is 24.3 Å². The van der Waals surface area contributed by atoms with E-state index in [1.807, 2.05) is 26.8 Å². The van der Waals surface area contributed by atoms with E-state index in [2.05, 4.69) is 11.8 Å². The summed E-state index contributed by atoms with van der Waals surface area (Å²) < 4.78 is 16.2. The maximum absolute atomic E-state index is 12.0. The van der Waals surface area contributed by atoms with Gasteiger partial charge in [-0.1, -0.05) is 25.0 Å². The smallest absolute Gasteiger partial charge is 0.311 e. The molecule has 1 unspecified atom stereocenters. The van der Waals surface area contributed by atoms with Crippen LogP contribution in [0.5, 0.6) is 11.5 Å². The summed E-state index contributed by atoms with van der Waals surface area (Å²) in [7, 11) is 0. The van der Waals surface area contributed by atoms with Gasteiger partial charge in [0.2, 0.25) is 0 Å². The first-order chi connectivity index (χ1) is 12.0. The second kappa shape index (κ2) is 11.1. The molecule has 1 rings (SSSR count). The van der Waals surface area contributed by atoms with Crippen molar-refractivity contribution in [2.45, 2.75) is 65.6 Å². The van der Waals surface area contributed by atoms with Gasteiger partial charge < -0.3 is 14.2 Å². The van der Waals surface area contributed by atoms with E-state index in [0.717, 1.165) is 0 Å². The summed E-state index contributed by atoms with van der Waals surface area (Å²) in [5.74, 6) is 5.69. The highest BCUT2D eigenvalue weighted by molar-refractivity contribution is 5.75. The zero-order chi connectivity index (χ0) is 18.7. The van der Waals surface area contributed by atoms with Crippen LogP contribution in [-0.2, 0) is 14.3 Å². The van der Waals surface area contributed by atoms with Crippen molar-refractivity contribution < 1.29 is 23.8 Å². The fraction of sp³-hybridized carbons (Fsp3) is 0.500. The van der Waals surface area contributed by atoms with E-state index in [1.54, 1.807) is 25.1 Å². The molecule has 1 atom stereocenters. The molecule has 0 fully saturated rings. The Kier molecular flexibility index (Phi) is 9.16. The average molecular weight is 346 g/mol. The molecule has 0 saturated carbocycles. The number of carbonyl (C=O) groups is 2. The van der Waals surface area contributed by atoms with E-state index in [1.165, 1.54) is 0 Å². The van der Waals surface area contributed by atoms with Gasteiger partial charge in [-0.15, -0.1) is 5.92 Å². The molecule has 0 saturated heterocycles. The molecule has 0 amide bonds. The first-order valence-corrected chi connectivity index (χ1v) is 8.54. The molecule has 0 aromatic heterocycles. The highest BCUT2D eigenvalue weighted by Gasteiger charge is 2.14. The molecule has 1 aromatic carbocycles. The predicted octanol–water partition coefficient (Wildman–Crippen LogP) is 3.89. The Balaban J connectivity index is 2.43. The summed E-state index contributed by atoms with van der Waals surface area (Å²) in [5.41, 5.74) is 0. The average Bonchev–Trinajstić information content (AvgIpc) is 2.55. The number of rotatable bonds is 9. The van der Waals surface area contributed by atoms with Gasteiger partial charge in [-0.05, 0) is 45.7 Å². The van der Waals surface area contributed by atoms with Crippen molar-refractivity contribution in [2.24, 2.45) is 0 Å². The van der Waals surface area contributed by atoms with Gasteiger partial charge in [0.1, 0.15) is 0 Å². The van der Waals surface area contributed by atoms with E-state index in [9.17, 15) is 9.59 Å². The molecule has 25 heavy (non-hydrogen) atoms. The molecular weight excluding hydrogens is 320 g/mol. The Morgan fingerprint density at radius 3 is 2.32 bits per heavy atom. The lowest BCUT2D eigenvalue weighted by atomic mass is 10.2. The third-order valence-electron chi connectivity index (χ3n) is 3.15. The van der Waals surface area contributed by atoms with Gasteiger partial charge in [-0.3, -0.25) is 9.59 Å². The second-order valence-corrected chi connectivity index (χ2v) is 5.72. The molecule has 1 aromatic rings. The van der Waals surface area contributed by atoms with E-state index < -0.39 is 5.97 Å². The van der Waals surface area contributed by atoms with Gasteiger partial charge in [0.25, 0.3) is 0 Å². The number of para-hydroxylation sites is 2. The summed E-state index contributed by atoms with van der Waals surface area (Å²) in [5, 5.41) is 0.